The van der Waals surface area contributed by atoms with Crippen molar-refractivity contribution in [1.82, 2.24) is 0 Å². The maximum absolute atomic E-state index is 5.81. The van der Waals surface area contributed by atoms with Crippen LogP contribution >= 0.6 is 0 Å². The van der Waals surface area contributed by atoms with Gasteiger partial charge < -0.3 is 28.1 Å². The van der Waals surface area contributed by atoms with Gasteiger partial charge in [0.25, 0.3) is 0 Å². The number of hydrogen-bond donors (Lipinski definition) is 0. The molecule has 0 aromatic heterocycles. The van der Waals surface area contributed by atoms with Crippen LogP contribution in [0.5, 0.6) is 0 Å². The average molecular weight is 647 g/mol. The van der Waals surface area contributed by atoms with Gasteiger partial charge in [-0.1, -0.05) is 88.1 Å². The summed E-state index contributed by atoms with van der Waals surface area (Å²) in [6, 6.07) is 17.8. The fourth-order valence-corrected chi connectivity index (χ4v) is 8.06. The minimum atomic E-state index is -0.240. The van der Waals surface area contributed by atoms with Gasteiger partial charge in [0, 0.05) is 13.7 Å². The van der Waals surface area contributed by atoms with E-state index in [4.69, 9.17) is 28.1 Å². The summed E-state index contributed by atoms with van der Waals surface area (Å²) in [5.41, 5.74) is 5.20. The van der Waals surface area contributed by atoms with Crippen molar-refractivity contribution in [2.75, 3.05) is 40.1 Å². The van der Waals surface area contributed by atoms with Crippen LogP contribution in [-0.4, -0.2) is 66.6 Å². The third kappa shape index (κ3) is 10.9. The van der Waals surface area contributed by atoms with Gasteiger partial charge in [-0.25, -0.2) is 0 Å². The molecule has 4 fully saturated rings. The number of ether oxygens (including phenoxy) is 2. The average Bonchev–Trinajstić information content (AvgIpc) is 3.14. The molecule has 2 aliphatic heterocycles. The van der Waals surface area contributed by atoms with Crippen molar-refractivity contribution in [1.29, 1.82) is 0 Å². The third-order valence-corrected chi connectivity index (χ3v) is 10.9. The highest BCUT2D eigenvalue weighted by Gasteiger charge is 2.31. The van der Waals surface area contributed by atoms with E-state index in [0.717, 1.165) is 34.6 Å². The molecule has 6 nitrogen and oxygen atoms in total. The van der Waals surface area contributed by atoms with E-state index < -0.39 is 0 Å². The highest BCUT2D eigenvalue weighted by Crippen LogP contribution is 2.38. The lowest BCUT2D eigenvalue weighted by molar-refractivity contribution is -0.0376. The Morgan fingerprint density at radius 3 is 1.28 bits per heavy atom. The van der Waals surface area contributed by atoms with Gasteiger partial charge in [0.2, 0.25) is 0 Å². The molecule has 0 unspecified atom stereocenters. The molecule has 4 aliphatic rings. The van der Waals surface area contributed by atoms with Gasteiger partial charge in [-0.15, -0.1) is 0 Å². The van der Waals surface area contributed by atoms with Crippen molar-refractivity contribution >= 4 is 25.2 Å². The number of rotatable bonds is 11. The van der Waals surface area contributed by atoms with Gasteiger partial charge in [0.05, 0.1) is 26.4 Å². The van der Waals surface area contributed by atoms with E-state index in [0.29, 0.717) is 33.0 Å². The van der Waals surface area contributed by atoms with Crippen molar-refractivity contribution in [3.8, 4) is 0 Å². The monoisotopic (exact) mass is 646 g/mol. The summed E-state index contributed by atoms with van der Waals surface area (Å²) in [5, 5.41) is 0. The molecular formula is C39H60B2O6. The van der Waals surface area contributed by atoms with Crippen molar-refractivity contribution < 1.29 is 28.1 Å². The predicted octanol–water partition coefficient (Wildman–Crippen LogP) is 7.43. The molecule has 0 atom stereocenters. The maximum atomic E-state index is 5.81. The molecule has 0 radical (unpaired) electrons. The summed E-state index contributed by atoms with van der Waals surface area (Å²) in [6.45, 7) is 9.74. The van der Waals surface area contributed by atoms with Crippen LogP contribution in [0.4, 0.5) is 0 Å². The minimum absolute atomic E-state index is 0.0591. The fourth-order valence-electron chi connectivity index (χ4n) is 8.06. The Morgan fingerprint density at radius 1 is 0.553 bits per heavy atom. The smallest absolute Gasteiger partial charge is 0.404 e. The van der Waals surface area contributed by atoms with Gasteiger partial charge in [0.15, 0.2) is 0 Å². The normalized spacial score (nSPS) is 26.1. The largest absolute Gasteiger partial charge is 0.494 e. The quantitative estimate of drug-likeness (QED) is 0.237. The van der Waals surface area contributed by atoms with Crippen LogP contribution in [-0.2, 0) is 28.1 Å². The van der Waals surface area contributed by atoms with E-state index in [1.54, 1.807) is 7.11 Å². The summed E-state index contributed by atoms with van der Waals surface area (Å²) in [5.74, 6) is 3.41. The van der Waals surface area contributed by atoms with E-state index in [9.17, 15) is 0 Å². The summed E-state index contributed by atoms with van der Waals surface area (Å²) in [6.07, 6.45) is 16.6. The number of methoxy groups -OCH3 is 1. The first-order valence-electron chi connectivity index (χ1n) is 18.9. The number of hydrogen-bond acceptors (Lipinski definition) is 6. The van der Waals surface area contributed by atoms with E-state index in [1.807, 2.05) is 6.92 Å². The Bertz CT molecular complexity index is 1070. The topological polar surface area (TPSA) is 55.4 Å². The van der Waals surface area contributed by atoms with Crippen LogP contribution in [0.15, 0.2) is 48.5 Å². The Labute approximate surface area is 286 Å². The van der Waals surface area contributed by atoms with E-state index in [-0.39, 0.29) is 26.4 Å². The van der Waals surface area contributed by atoms with Crippen LogP contribution < -0.4 is 10.9 Å². The standard InChI is InChI=1S/C20H31BO3.C19H29BO3/c1-3-5-16-6-8-17(9-7-16)18-10-12-19(13-11-18)21-23-14-20(15-24-21)22-4-2;1-3-4-15-5-7-16(8-6-15)17-9-11-18(12-10-17)20-22-13-19(21-2)14-23-20/h10-13,16-17,20H,3-9,14-15H2,1-2H3;9-12,15-16,19H,3-8,13-14H2,1-2H3. The van der Waals surface area contributed by atoms with Crippen molar-refractivity contribution in [2.45, 2.75) is 122 Å². The van der Waals surface area contributed by atoms with Gasteiger partial charge in [-0.05, 0) is 104 Å². The maximum Gasteiger partial charge on any atom is 0.494 e. The molecular weight excluding hydrogens is 586 g/mol. The Balaban J connectivity index is 0.000000185. The third-order valence-electron chi connectivity index (χ3n) is 10.9. The highest BCUT2D eigenvalue weighted by molar-refractivity contribution is 6.61. The lowest BCUT2D eigenvalue weighted by Gasteiger charge is -2.29. The van der Waals surface area contributed by atoms with Crippen LogP contribution in [0, 0.1) is 11.8 Å². The first-order chi connectivity index (χ1) is 23.1. The molecule has 2 aromatic carbocycles. The molecule has 0 spiro atoms. The molecule has 47 heavy (non-hydrogen) atoms. The van der Waals surface area contributed by atoms with Crippen molar-refractivity contribution in [3.05, 3.63) is 59.7 Å². The highest BCUT2D eigenvalue weighted by atomic mass is 16.6. The van der Waals surface area contributed by atoms with Crippen molar-refractivity contribution in [3.63, 3.8) is 0 Å². The number of benzene rings is 2. The Hall–Kier alpha value is -1.67. The molecule has 8 heteroatoms. The SMILES string of the molecule is CCCC1CCC(c2ccc(B3OCC(OC)CO3)cc2)CC1.CCCC1CCC(c2ccc(B3OCC(OCC)CO3)cc2)CC1. The summed E-state index contributed by atoms with van der Waals surface area (Å²) in [4.78, 5) is 0. The van der Waals surface area contributed by atoms with E-state index in [1.165, 1.54) is 88.2 Å². The van der Waals surface area contributed by atoms with Gasteiger partial charge in [-0.2, -0.15) is 0 Å². The second-order valence-electron chi connectivity index (χ2n) is 14.3. The zero-order valence-corrected chi connectivity index (χ0v) is 29.7. The van der Waals surface area contributed by atoms with E-state index in [2.05, 4.69) is 62.4 Å². The molecule has 258 valence electrons. The summed E-state index contributed by atoms with van der Waals surface area (Å²) in [7, 11) is 1.22. The molecule has 6 rings (SSSR count). The Kier molecular flexibility index (Phi) is 15.2. The lowest BCUT2D eigenvalue weighted by atomic mass is 9.74. The van der Waals surface area contributed by atoms with Crippen molar-refractivity contribution in [2.24, 2.45) is 11.8 Å². The lowest BCUT2D eigenvalue weighted by Crippen LogP contribution is -2.47. The summed E-state index contributed by atoms with van der Waals surface area (Å²) >= 11 is 0. The van der Waals surface area contributed by atoms with E-state index >= 15 is 0 Å². The zero-order chi connectivity index (χ0) is 32.8. The minimum Gasteiger partial charge on any atom is -0.404 e. The molecule has 2 aliphatic carbocycles. The summed E-state index contributed by atoms with van der Waals surface area (Å²) < 4.78 is 33.9. The van der Waals surface area contributed by atoms with Gasteiger partial charge in [-0.3, -0.25) is 0 Å². The zero-order valence-electron chi connectivity index (χ0n) is 29.7. The second kappa shape index (κ2) is 19.5. The first kappa shape index (κ1) is 36.6. The van der Waals surface area contributed by atoms with Gasteiger partial charge >= 0.3 is 14.2 Å². The van der Waals surface area contributed by atoms with Crippen LogP contribution in [0.3, 0.4) is 0 Å². The second-order valence-corrected chi connectivity index (χ2v) is 14.3. The molecule has 2 saturated heterocycles. The van der Waals surface area contributed by atoms with Gasteiger partial charge in [0.1, 0.15) is 12.2 Å². The molecule has 0 bridgehead atoms. The molecule has 2 heterocycles. The Morgan fingerprint density at radius 2 is 0.936 bits per heavy atom. The molecule has 0 amide bonds. The molecule has 2 aromatic rings. The molecule has 0 N–H and O–H groups in total. The fraction of sp³-hybridized carbons (Fsp3) is 0.692. The van der Waals surface area contributed by atoms with Crippen LogP contribution in [0.1, 0.15) is 121 Å². The van der Waals surface area contributed by atoms with Crippen LogP contribution in [0.25, 0.3) is 0 Å². The predicted molar refractivity (Wildman–Crippen MR) is 193 cm³/mol. The first-order valence-corrected chi connectivity index (χ1v) is 18.9. The molecule has 2 saturated carbocycles. The van der Waals surface area contributed by atoms with Crippen LogP contribution in [0.2, 0.25) is 0 Å².